The van der Waals surface area contributed by atoms with Gasteiger partial charge in [-0.25, -0.2) is 0 Å². The van der Waals surface area contributed by atoms with Gasteiger partial charge < -0.3 is 9.64 Å². The molecule has 7 heteroatoms. The first-order chi connectivity index (χ1) is 11.1. The zero-order chi connectivity index (χ0) is 16.7. The lowest BCUT2D eigenvalue weighted by molar-refractivity contribution is 0.106. The van der Waals surface area contributed by atoms with Crippen molar-refractivity contribution in [2.45, 2.75) is 13.0 Å². The van der Waals surface area contributed by atoms with E-state index in [0.29, 0.717) is 12.6 Å². The molecule has 0 aliphatic carbocycles. The fourth-order valence-corrected chi connectivity index (χ4v) is 3.42. The lowest BCUT2D eigenvalue weighted by Crippen LogP contribution is -2.53. The van der Waals surface area contributed by atoms with Crippen LogP contribution in [0.4, 0.5) is 0 Å². The minimum absolute atomic E-state index is 0.410. The first kappa shape index (κ1) is 18.1. The molecule has 0 aromatic heterocycles. The molecule has 0 N–H and O–H groups in total. The summed E-state index contributed by atoms with van der Waals surface area (Å²) in [6.45, 7) is 6.51. The third-order valence-electron chi connectivity index (χ3n) is 3.82. The van der Waals surface area contributed by atoms with Gasteiger partial charge in [-0.1, -0.05) is 27.7 Å². The Morgan fingerprint density at radius 2 is 2.17 bits per heavy atom. The Morgan fingerprint density at radius 1 is 1.43 bits per heavy atom. The molecule has 0 spiro atoms. The van der Waals surface area contributed by atoms with Gasteiger partial charge in [-0.3, -0.25) is 4.90 Å². The summed E-state index contributed by atoms with van der Waals surface area (Å²) in [7, 11) is 0. The molecule has 1 aliphatic rings. The number of hydrogen-bond acceptors (Lipinski definition) is 5. The molecule has 1 unspecified atom stereocenters. The topological polar surface area (TPSA) is 51.9 Å². The average Bonchev–Trinajstić information content (AvgIpc) is 2.56. The number of nitriles is 1. The molecule has 0 bridgehead atoms. The number of aliphatic imine (C=N–C) groups is 1. The average molecular weight is 397 g/mol. The number of halogens is 1. The van der Waals surface area contributed by atoms with E-state index in [4.69, 9.17) is 10.00 Å². The Bertz CT molecular complexity index is 572. The number of thioether (sulfide) groups is 1. The van der Waals surface area contributed by atoms with Crippen LogP contribution in [0.2, 0.25) is 0 Å². The number of ether oxygens (including phenoxy) is 1. The van der Waals surface area contributed by atoms with Crippen LogP contribution in [0.5, 0.6) is 5.75 Å². The van der Waals surface area contributed by atoms with Crippen LogP contribution >= 0.6 is 27.7 Å². The molecule has 0 saturated carbocycles. The van der Waals surface area contributed by atoms with Crippen molar-refractivity contribution in [3.8, 4) is 11.9 Å². The Kier molecular flexibility index (Phi) is 7.21. The summed E-state index contributed by atoms with van der Waals surface area (Å²) in [5, 5.41) is 9.56. The van der Waals surface area contributed by atoms with Crippen LogP contribution in [-0.4, -0.2) is 60.1 Å². The molecule has 23 heavy (non-hydrogen) atoms. The van der Waals surface area contributed by atoms with Crippen LogP contribution < -0.4 is 4.74 Å². The van der Waals surface area contributed by atoms with Crippen LogP contribution in [0.1, 0.15) is 6.92 Å². The Morgan fingerprint density at radius 3 is 2.78 bits per heavy atom. The van der Waals surface area contributed by atoms with Crippen molar-refractivity contribution in [3.05, 3.63) is 28.7 Å². The second-order valence-corrected chi connectivity index (χ2v) is 7.02. The molecule has 0 amide bonds. The van der Waals surface area contributed by atoms with E-state index < -0.39 is 0 Å². The molecule has 1 saturated heterocycles. The Balaban J connectivity index is 1.79. The summed E-state index contributed by atoms with van der Waals surface area (Å²) in [5.74, 6) is 0.894. The quantitative estimate of drug-likeness (QED) is 0.444. The van der Waals surface area contributed by atoms with Gasteiger partial charge in [0.25, 0.3) is 0 Å². The maximum Gasteiger partial charge on any atom is 0.208 e. The van der Waals surface area contributed by atoms with Crippen LogP contribution in [-0.2, 0) is 0 Å². The van der Waals surface area contributed by atoms with E-state index in [1.807, 2.05) is 36.7 Å². The third kappa shape index (κ3) is 5.41. The standard InChI is InChI=1S/C16H21BrN4OS/c1-13-11-21(16(23-2)19-12-18)8-7-20(13)9-10-22-15-5-3-14(17)4-6-15/h3-6,13H,7-11H2,1-2H3/b19-16-. The highest BCUT2D eigenvalue weighted by Gasteiger charge is 2.25. The van der Waals surface area contributed by atoms with E-state index in [-0.39, 0.29) is 0 Å². The molecular weight excluding hydrogens is 376 g/mol. The van der Waals surface area contributed by atoms with Crippen LogP contribution in [0, 0.1) is 11.5 Å². The number of piperazine rings is 1. The summed E-state index contributed by atoms with van der Waals surface area (Å²) in [5.41, 5.74) is 0. The van der Waals surface area contributed by atoms with Gasteiger partial charge in [-0.15, -0.1) is 4.99 Å². The maximum absolute atomic E-state index is 8.75. The molecule has 1 heterocycles. The lowest BCUT2D eigenvalue weighted by atomic mass is 10.2. The van der Waals surface area contributed by atoms with Crippen LogP contribution in [0.25, 0.3) is 0 Å². The number of nitrogens with zero attached hydrogens (tertiary/aromatic N) is 4. The van der Waals surface area contributed by atoms with Gasteiger partial charge in [0, 0.05) is 36.7 Å². The highest BCUT2D eigenvalue weighted by molar-refractivity contribution is 9.10. The molecule has 1 fully saturated rings. The van der Waals surface area contributed by atoms with Gasteiger partial charge >= 0.3 is 0 Å². The van der Waals surface area contributed by atoms with Crippen molar-refractivity contribution in [2.75, 3.05) is 39.0 Å². The molecule has 124 valence electrons. The minimum atomic E-state index is 0.410. The first-order valence-electron chi connectivity index (χ1n) is 7.52. The van der Waals surface area contributed by atoms with E-state index in [0.717, 1.165) is 41.6 Å². The zero-order valence-electron chi connectivity index (χ0n) is 13.4. The summed E-state index contributed by atoms with van der Waals surface area (Å²) in [6.07, 6.45) is 3.84. The SMILES string of the molecule is CS/C(=N\C#N)N1CCN(CCOc2ccc(Br)cc2)C(C)C1. The molecule has 1 aromatic rings. The summed E-state index contributed by atoms with van der Waals surface area (Å²) in [6, 6.07) is 8.31. The summed E-state index contributed by atoms with van der Waals surface area (Å²) >= 11 is 4.95. The third-order valence-corrected chi connectivity index (χ3v) is 5.07. The number of rotatable bonds is 4. The highest BCUT2D eigenvalue weighted by Crippen LogP contribution is 2.17. The Labute approximate surface area is 150 Å². The fraction of sp³-hybridized carbons (Fsp3) is 0.500. The van der Waals surface area contributed by atoms with Crippen molar-refractivity contribution in [2.24, 2.45) is 4.99 Å². The van der Waals surface area contributed by atoms with E-state index in [1.54, 1.807) is 0 Å². The number of benzene rings is 1. The van der Waals surface area contributed by atoms with E-state index in [2.05, 4.69) is 37.6 Å². The van der Waals surface area contributed by atoms with E-state index in [1.165, 1.54) is 11.8 Å². The fourth-order valence-electron chi connectivity index (χ4n) is 2.60. The predicted molar refractivity (Wildman–Crippen MR) is 98.8 cm³/mol. The molecule has 1 aliphatic heterocycles. The van der Waals surface area contributed by atoms with Crippen molar-refractivity contribution in [1.82, 2.24) is 9.80 Å². The summed E-state index contributed by atoms with van der Waals surface area (Å²) in [4.78, 5) is 8.50. The van der Waals surface area contributed by atoms with E-state index >= 15 is 0 Å². The Hall–Kier alpha value is -1.23. The van der Waals surface area contributed by atoms with Crippen molar-refractivity contribution in [3.63, 3.8) is 0 Å². The summed E-state index contributed by atoms with van der Waals surface area (Å²) < 4.78 is 6.85. The monoisotopic (exact) mass is 396 g/mol. The van der Waals surface area contributed by atoms with Gasteiger partial charge in [-0.2, -0.15) is 5.26 Å². The predicted octanol–water partition coefficient (Wildman–Crippen LogP) is 3.03. The first-order valence-corrected chi connectivity index (χ1v) is 9.54. The minimum Gasteiger partial charge on any atom is -0.492 e. The zero-order valence-corrected chi connectivity index (χ0v) is 15.8. The van der Waals surface area contributed by atoms with Crippen molar-refractivity contribution in [1.29, 1.82) is 5.26 Å². The van der Waals surface area contributed by atoms with Crippen LogP contribution in [0.15, 0.2) is 33.7 Å². The highest BCUT2D eigenvalue weighted by atomic mass is 79.9. The van der Waals surface area contributed by atoms with E-state index in [9.17, 15) is 0 Å². The number of hydrogen-bond donors (Lipinski definition) is 0. The normalized spacial score (nSPS) is 19.5. The van der Waals surface area contributed by atoms with Crippen molar-refractivity contribution >= 4 is 32.9 Å². The maximum atomic E-state index is 8.75. The molecule has 0 radical (unpaired) electrons. The molecular formula is C16H21BrN4OS. The van der Waals surface area contributed by atoms with Crippen molar-refractivity contribution < 1.29 is 4.74 Å². The molecule has 1 aromatic carbocycles. The molecule has 5 nitrogen and oxygen atoms in total. The van der Waals surface area contributed by atoms with Gasteiger partial charge in [0.1, 0.15) is 12.4 Å². The largest absolute Gasteiger partial charge is 0.492 e. The number of amidine groups is 1. The second-order valence-electron chi connectivity index (χ2n) is 5.33. The van der Waals surface area contributed by atoms with Gasteiger partial charge in [0.15, 0.2) is 5.17 Å². The van der Waals surface area contributed by atoms with Gasteiger partial charge in [0.2, 0.25) is 6.19 Å². The second kappa shape index (κ2) is 9.16. The molecule has 1 atom stereocenters. The van der Waals surface area contributed by atoms with Gasteiger partial charge in [-0.05, 0) is 37.4 Å². The van der Waals surface area contributed by atoms with Gasteiger partial charge in [0.05, 0.1) is 0 Å². The smallest absolute Gasteiger partial charge is 0.208 e. The van der Waals surface area contributed by atoms with Crippen LogP contribution in [0.3, 0.4) is 0 Å². The lowest BCUT2D eigenvalue weighted by Gasteiger charge is -2.40. The molecule has 2 rings (SSSR count).